The summed E-state index contributed by atoms with van der Waals surface area (Å²) in [5.74, 6) is 0. The van der Waals surface area contributed by atoms with Gasteiger partial charge in [0, 0.05) is 31.2 Å². The van der Waals surface area contributed by atoms with E-state index in [0.29, 0.717) is 19.8 Å². The molecule has 126 valence electrons. The largest absolute Gasteiger partial charge is 0.501 e. The van der Waals surface area contributed by atoms with E-state index in [4.69, 9.17) is 24.9 Å². The van der Waals surface area contributed by atoms with Crippen LogP contribution in [0.3, 0.4) is 0 Å². The quantitative estimate of drug-likeness (QED) is 0.407. The number of aryl methyl sites for hydroxylation is 1. The first-order chi connectivity index (χ1) is 10.7. The Kier molecular flexibility index (Phi) is 10.00. The van der Waals surface area contributed by atoms with Crippen LogP contribution < -0.4 is 0 Å². The maximum atomic E-state index is 6.18. The van der Waals surface area contributed by atoms with Crippen molar-refractivity contribution in [2.24, 2.45) is 0 Å². The van der Waals surface area contributed by atoms with Gasteiger partial charge in [0.1, 0.15) is 0 Å². The number of halogens is 1. The first-order valence-electron chi connectivity index (χ1n) is 8.25. The lowest BCUT2D eigenvalue weighted by atomic mass is 10.2. The van der Waals surface area contributed by atoms with Crippen LogP contribution in [0.5, 0.6) is 0 Å². The molecule has 1 rings (SSSR count). The van der Waals surface area contributed by atoms with E-state index in [0.717, 1.165) is 25.3 Å². The van der Waals surface area contributed by atoms with Gasteiger partial charge in [0.2, 0.25) is 0 Å². The summed E-state index contributed by atoms with van der Waals surface area (Å²) in [6, 6.07) is 11.2. The van der Waals surface area contributed by atoms with Gasteiger partial charge in [0.05, 0.1) is 0 Å². The maximum Gasteiger partial charge on any atom is 0.501 e. The van der Waals surface area contributed by atoms with Crippen molar-refractivity contribution >= 4 is 20.4 Å². The number of hydrogen-bond donors (Lipinski definition) is 0. The van der Waals surface area contributed by atoms with E-state index in [1.807, 2.05) is 19.9 Å². The summed E-state index contributed by atoms with van der Waals surface area (Å²) in [6.07, 6.45) is 2.69. The Morgan fingerprint density at radius 3 is 2.18 bits per heavy atom. The average molecular weight is 345 g/mol. The Labute approximate surface area is 141 Å². The molecule has 1 aromatic carbocycles. The van der Waals surface area contributed by atoms with Gasteiger partial charge in [-0.2, -0.15) is 0 Å². The lowest BCUT2D eigenvalue weighted by molar-refractivity contribution is 0.0660. The fourth-order valence-corrected chi connectivity index (χ4v) is 4.95. The van der Waals surface area contributed by atoms with Gasteiger partial charge < -0.3 is 13.3 Å². The van der Waals surface area contributed by atoms with E-state index in [9.17, 15) is 0 Å². The van der Waals surface area contributed by atoms with Crippen LogP contribution in [0.1, 0.15) is 39.2 Å². The molecule has 0 aliphatic rings. The van der Waals surface area contributed by atoms with Crippen molar-refractivity contribution in [2.45, 2.75) is 51.5 Å². The summed E-state index contributed by atoms with van der Waals surface area (Å²) >= 11 is 6.18. The molecule has 0 radical (unpaired) electrons. The van der Waals surface area contributed by atoms with Crippen LogP contribution in [0.15, 0.2) is 30.3 Å². The first kappa shape index (κ1) is 19.7. The molecule has 22 heavy (non-hydrogen) atoms. The molecule has 1 aromatic rings. The van der Waals surface area contributed by atoms with Crippen LogP contribution in [-0.2, 0) is 19.7 Å². The van der Waals surface area contributed by atoms with Crippen molar-refractivity contribution in [1.82, 2.24) is 0 Å². The van der Waals surface area contributed by atoms with Crippen LogP contribution in [0.4, 0.5) is 0 Å². The molecule has 0 bridgehead atoms. The Hall–Kier alpha value is -0.393. The summed E-state index contributed by atoms with van der Waals surface area (Å²) in [5.41, 5.74) is 1.28. The molecule has 0 aliphatic heterocycles. The molecule has 0 spiro atoms. The van der Waals surface area contributed by atoms with Gasteiger partial charge in [-0.15, -0.1) is 11.6 Å². The number of hydrogen-bond acceptors (Lipinski definition) is 3. The third kappa shape index (κ3) is 7.25. The first-order valence-corrected chi connectivity index (χ1v) is 10.6. The minimum atomic E-state index is -2.62. The lowest BCUT2D eigenvalue weighted by Gasteiger charge is -2.29. The Morgan fingerprint density at radius 1 is 1.00 bits per heavy atom. The van der Waals surface area contributed by atoms with Crippen molar-refractivity contribution in [1.29, 1.82) is 0 Å². The highest BCUT2D eigenvalue weighted by Crippen LogP contribution is 2.20. The van der Waals surface area contributed by atoms with Gasteiger partial charge in [0.15, 0.2) is 0 Å². The van der Waals surface area contributed by atoms with Crippen molar-refractivity contribution in [3.63, 3.8) is 0 Å². The lowest BCUT2D eigenvalue weighted by Crippen LogP contribution is -2.46. The molecule has 5 heteroatoms. The maximum absolute atomic E-state index is 6.18. The summed E-state index contributed by atoms with van der Waals surface area (Å²) in [6.45, 7) is 7.89. The van der Waals surface area contributed by atoms with Gasteiger partial charge in [-0.3, -0.25) is 0 Å². The summed E-state index contributed by atoms with van der Waals surface area (Å²) < 4.78 is 18.0. The van der Waals surface area contributed by atoms with E-state index in [1.54, 1.807) is 0 Å². The second-order valence-electron chi connectivity index (χ2n) is 5.18. The molecule has 1 atom stereocenters. The van der Waals surface area contributed by atoms with E-state index >= 15 is 0 Å². The molecule has 3 nitrogen and oxygen atoms in total. The van der Waals surface area contributed by atoms with Crippen LogP contribution in [0, 0.1) is 0 Å². The monoisotopic (exact) mass is 344 g/mol. The van der Waals surface area contributed by atoms with E-state index < -0.39 is 8.80 Å². The zero-order valence-corrected chi connectivity index (χ0v) is 15.8. The highest BCUT2D eigenvalue weighted by Gasteiger charge is 2.40. The standard InChI is InChI=1S/C17H29ClO3Si/c1-4-17(18)12-14-21-22(19-5-2,20-6-3)15-13-16-10-8-7-9-11-16/h7-11,17H,4-6,12-15H2,1-3H3. The molecule has 0 aliphatic carbocycles. The zero-order chi connectivity index (χ0) is 16.3. The van der Waals surface area contributed by atoms with Crippen LogP contribution >= 0.6 is 11.6 Å². The average Bonchev–Trinajstić information content (AvgIpc) is 2.54. The zero-order valence-electron chi connectivity index (χ0n) is 14.0. The summed E-state index contributed by atoms with van der Waals surface area (Å²) in [4.78, 5) is 0. The topological polar surface area (TPSA) is 27.7 Å². The molecule has 0 saturated heterocycles. The highest BCUT2D eigenvalue weighted by molar-refractivity contribution is 6.60. The van der Waals surface area contributed by atoms with Gasteiger partial charge in [-0.1, -0.05) is 37.3 Å². The number of alkyl halides is 1. The van der Waals surface area contributed by atoms with Gasteiger partial charge in [-0.05, 0) is 38.7 Å². The third-order valence-electron chi connectivity index (χ3n) is 3.49. The predicted octanol–water partition coefficient (Wildman–Crippen LogP) is 4.67. The summed E-state index contributed by atoms with van der Waals surface area (Å²) in [5, 5.41) is 0.157. The molecular weight excluding hydrogens is 316 g/mol. The molecule has 0 N–H and O–H groups in total. The molecule has 0 heterocycles. The summed E-state index contributed by atoms with van der Waals surface area (Å²) in [7, 11) is -2.62. The number of benzene rings is 1. The molecule has 0 fully saturated rings. The predicted molar refractivity (Wildman–Crippen MR) is 94.5 cm³/mol. The fourth-order valence-electron chi connectivity index (χ4n) is 2.27. The molecule has 1 unspecified atom stereocenters. The van der Waals surface area contributed by atoms with Gasteiger partial charge in [-0.25, -0.2) is 0 Å². The van der Waals surface area contributed by atoms with E-state index in [1.165, 1.54) is 5.56 Å². The van der Waals surface area contributed by atoms with E-state index in [-0.39, 0.29) is 5.38 Å². The molecule has 0 amide bonds. The second-order valence-corrected chi connectivity index (χ2v) is 8.53. The smallest absolute Gasteiger partial charge is 0.374 e. The SMILES string of the molecule is CCO[Si](CCc1ccccc1)(OCC)OCCC(Cl)CC. The Balaban J connectivity index is 2.63. The van der Waals surface area contributed by atoms with Crippen molar-refractivity contribution < 1.29 is 13.3 Å². The van der Waals surface area contributed by atoms with Gasteiger partial charge in [0.25, 0.3) is 0 Å². The minimum absolute atomic E-state index is 0.157. The Bertz CT molecular complexity index is 383. The van der Waals surface area contributed by atoms with Crippen LogP contribution in [0.2, 0.25) is 6.04 Å². The van der Waals surface area contributed by atoms with Crippen molar-refractivity contribution in [2.75, 3.05) is 19.8 Å². The highest BCUT2D eigenvalue weighted by atomic mass is 35.5. The van der Waals surface area contributed by atoms with Crippen LogP contribution in [0.25, 0.3) is 0 Å². The van der Waals surface area contributed by atoms with E-state index in [2.05, 4.69) is 31.2 Å². The normalized spacial score (nSPS) is 13.3. The molecular formula is C17H29ClO3Si. The molecule has 0 aromatic heterocycles. The van der Waals surface area contributed by atoms with Crippen molar-refractivity contribution in [3.05, 3.63) is 35.9 Å². The van der Waals surface area contributed by atoms with Crippen LogP contribution in [-0.4, -0.2) is 34.0 Å². The number of rotatable bonds is 12. The second kappa shape index (κ2) is 11.2. The minimum Gasteiger partial charge on any atom is -0.374 e. The van der Waals surface area contributed by atoms with Crippen molar-refractivity contribution in [3.8, 4) is 0 Å². The van der Waals surface area contributed by atoms with Gasteiger partial charge >= 0.3 is 8.80 Å². The fraction of sp³-hybridized carbons (Fsp3) is 0.647. The Morgan fingerprint density at radius 2 is 1.64 bits per heavy atom. The third-order valence-corrected chi connectivity index (χ3v) is 6.98. The molecule has 0 saturated carbocycles.